The van der Waals surface area contributed by atoms with Gasteiger partial charge in [0.05, 0.1) is 12.3 Å². The molecule has 0 radical (unpaired) electrons. The Morgan fingerprint density at radius 1 is 0.946 bits per heavy atom. The predicted molar refractivity (Wildman–Crippen MR) is 148 cm³/mol. The van der Waals surface area contributed by atoms with Crippen LogP contribution in [0.15, 0.2) is 94.9 Å². The Bertz CT molecular complexity index is 1190. The van der Waals surface area contributed by atoms with Crippen molar-refractivity contribution in [3.63, 3.8) is 0 Å². The Hall–Kier alpha value is -3.98. The van der Waals surface area contributed by atoms with E-state index in [1.54, 1.807) is 24.3 Å². The lowest BCUT2D eigenvalue weighted by atomic mass is 10.0. The summed E-state index contributed by atoms with van der Waals surface area (Å²) >= 11 is 0. The molecule has 4 rings (SSSR count). The highest BCUT2D eigenvalue weighted by molar-refractivity contribution is 6.19. The van der Waals surface area contributed by atoms with Gasteiger partial charge in [-0.3, -0.25) is 4.99 Å². The van der Waals surface area contributed by atoms with Crippen LogP contribution in [0.25, 0.3) is 0 Å². The second-order valence-electron chi connectivity index (χ2n) is 7.82. The fourth-order valence-corrected chi connectivity index (χ4v) is 3.39. The number of nitrogens with one attached hydrogen (secondary N) is 1. The van der Waals surface area contributed by atoms with Gasteiger partial charge in [-0.05, 0) is 16.7 Å². The largest absolute Gasteiger partial charge is 0.479 e. The zero-order valence-corrected chi connectivity index (χ0v) is 21.1. The van der Waals surface area contributed by atoms with E-state index in [4.69, 9.17) is 16.2 Å². The van der Waals surface area contributed by atoms with Gasteiger partial charge in [0, 0.05) is 24.2 Å². The molecule has 8 nitrogen and oxygen atoms in total. The molecule has 0 aliphatic carbocycles. The van der Waals surface area contributed by atoms with E-state index in [2.05, 4.69) is 9.98 Å². The molecule has 2 unspecified atom stereocenters. The third-order valence-electron chi connectivity index (χ3n) is 5.32. The van der Waals surface area contributed by atoms with Crippen LogP contribution in [-0.4, -0.2) is 57.3 Å². The predicted octanol–water partition coefficient (Wildman–Crippen LogP) is 3.67. The van der Waals surface area contributed by atoms with Crippen LogP contribution in [0.3, 0.4) is 0 Å². The quantitative estimate of drug-likeness (QED) is 0.298. The number of carboxylic acid groups (broad SMARTS) is 1. The lowest BCUT2D eigenvalue weighted by Crippen LogP contribution is -2.23. The number of hydrogen-bond donors (Lipinski definition) is 5. The number of nitrogens with zero attached hydrogens (tertiary/aromatic N) is 2. The molecule has 3 aromatic carbocycles. The van der Waals surface area contributed by atoms with Crippen LogP contribution >= 0.6 is 0 Å². The van der Waals surface area contributed by atoms with Crippen molar-refractivity contribution < 1.29 is 20.1 Å². The SMILES string of the molecule is CC.N=C(CC(O)C(=O)O)c1ccc(C2=NC(CO)C(c3ccccc3)=N2)cc1.NCc1ccccc1. The zero-order chi connectivity index (χ0) is 27.2. The minimum atomic E-state index is -1.60. The van der Waals surface area contributed by atoms with Crippen LogP contribution in [0, 0.1) is 5.41 Å². The molecule has 0 saturated carbocycles. The zero-order valence-electron chi connectivity index (χ0n) is 21.1. The van der Waals surface area contributed by atoms with Crippen LogP contribution in [0.4, 0.5) is 0 Å². The number of carboxylic acids is 1. The lowest BCUT2D eigenvalue weighted by Gasteiger charge is -2.08. The molecule has 0 fully saturated rings. The summed E-state index contributed by atoms with van der Waals surface area (Å²) < 4.78 is 0. The van der Waals surface area contributed by atoms with Gasteiger partial charge in [-0.25, -0.2) is 9.79 Å². The number of hydrogen-bond acceptors (Lipinski definition) is 7. The maximum absolute atomic E-state index is 10.7. The maximum Gasteiger partial charge on any atom is 0.332 e. The van der Waals surface area contributed by atoms with Crippen molar-refractivity contribution in [3.05, 3.63) is 107 Å². The normalized spacial score (nSPS) is 14.7. The van der Waals surface area contributed by atoms with Crippen molar-refractivity contribution in [2.75, 3.05) is 6.61 Å². The molecule has 194 valence electrons. The summed E-state index contributed by atoms with van der Waals surface area (Å²) in [5.74, 6) is -0.856. The highest BCUT2D eigenvalue weighted by Crippen LogP contribution is 2.19. The van der Waals surface area contributed by atoms with Crippen molar-refractivity contribution in [1.29, 1.82) is 5.41 Å². The first-order valence-electron chi connectivity index (χ1n) is 12.1. The van der Waals surface area contributed by atoms with Crippen molar-refractivity contribution in [1.82, 2.24) is 0 Å². The highest BCUT2D eigenvalue weighted by atomic mass is 16.4. The number of aliphatic hydroxyl groups is 2. The van der Waals surface area contributed by atoms with Gasteiger partial charge in [-0.1, -0.05) is 98.8 Å². The summed E-state index contributed by atoms with van der Waals surface area (Å²) in [6, 6.07) is 25.9. The van der Waals surface area contributed by atoms with Crippen molar-refractivity contribution in [2.24, 2.45) is 15.7 Å². The molecule has 1 aliphatic rings. The summed E-state index contributed by atoms with van der Waals surface area (Å²) in [6.45, 7) is 4.49. The number of rotatable bonds is 8. The summed E-state index contributed by atoms with van der Waals surface area (Å²) in [4.78, 5) is 19.7. The topological polar surface area (TPSA) is 152 Å². The molecule has 3 aromatic rings. The van der Waals surface area contributed by atoms with E-state index in [1.165, 1.54) is 5.56 Å². The van der Waals surface area contributed by atoms with Crippen molar-refractivity contribution in [2.45, 2.75) is 39.0 Å². The molecule has 1 aliphatic heterocycles. The van der Waals surface area contributed by atoms with Crippen LogP contribution in [0.5, 0.6) is 0 Å². The number of nitrogens with two attached hydrogens (primary N) is 1. The number of aliphatic carboxylic acids is 1. The lowest BCUT2D eigenvalue weighted by molar-refractivity contribution is -0.146. The highest BCUT2D eigenvalue weighted by Gasteiger charge is 2.24. The van der Waals surface area contributed by atoms with E-state index in [-0.39, 0.29) is 18.7 Å². The van der Waals surface area contributed by atoms with Crippen LogP contribution < -0.4 is 5.73 Å². The third kappa shape index (κ3) is 8.57. The summed E-state index contributed by atoms with van der Waals surface area (Å²) in [5, 5.41) is 35.7. The number of aliphatic hydroxyl groups excluding tert-OH is 2. The van der Waals surface area contributed by atoms with Crippen LogP contribution in [0.1, 0.15) is 42.5 Å². The maximum atomic E-state index is 10.7. The van der Waals surface area contributed by atoms with Gasteiger partial charge in [0.15, 0.2) is 11.9 Å². The number of aliphatic imine (C=N–C) groups is 2. The van der Waals surface area contributed by atoms with Crippen LogP contribution in [-0.2, 0) is 11.3 Å². The second kappa shape index (κ2) is 15.2. The molecule has 0 bridgehead atoms. The molecule has 37 heavy (non-hydrogen) atoms. The summed E-state index contributed by atoms with van der Waals surface area (Å²) in [6.07, 6.45) is -1.86. The molecule has 6 N–H and O–H groups in total. The molecule has 0 saturated heterocycles. The Labute approximate surface area is 217 Å². The van der Waals surface area contributed by atoms with Gasteiger partial charge >= 0.3 is 5.97 Å². The van der Waals surface area contributed by atoms with E-state index >= 15 is 0 Å². The van der Waals surface area contributed by atoms with E-state index in [0.29, 0.717) is 23.7 Å². The van der Waals surface area contributed by atoms with Gasteiger partial charge < -0.3 is 26.5 Å². The molecule has 8 heteroatoms. The van der Waals surface area contributed by atoms with E-state index < -0.39 is 18.1 Å². The average Bonchev–Trinajstić information content (AvgIpc) is 3.40. The Morgan fingerprint density at radius 3 is 2.00 bits per heavy atom. The smallest absolute Gasteiger partial charge is 0.332 e. The van der Waals surface area contributed by atoms with Gasteiger partial charge in [0.2, 0.25) is 0 Å². The third-order valence-corrected chi connectivity index (χ3v) is 5.32. The first-order valence-corrected chi connectivity index (χ1v) is 12.1. The van der Waals surface area contributed by atoms with Crippen LogP contribution in [0.2, 0.25) is 0 Å². The molecular formula is C29H34N4O4. The van der Waals surface area contributed by atoms with Gasteiger partial charge in [-0.2, -0.15) is 0 Å². The van der Waals surface area contributed by atoms with E-state index in [0.717, 1.165) is 11.1 Å². The number of amidine groups is 1. The Morgan fingerprint density at radius 2 is 1.51 bits per heavy atom. The Balaban J connectivity index is 0.000000406. The number of benzene rings is 3. The summed E-state index contributed by atoms with van der Waals surface area (Å²) in [5.41, 5.74) is 9.42. The molecule has 0 spiro atoms. The molecular weight excluding hydrogens is 468 g/mol. The van der Waals surface area contributed by atoms with Gasteiger partial charge in [0.25, 0.3) is 0 Å². The molecule has 0 aromatic heterocycles. The fourth-order valence-electron chi connectivity index (χ4n) is 3.39. The monoisotopic (exact) mass is 502 g/mol. The average molecular weight is 503 g/mol. The van der Waals surface area contributed by atoms with Crippen molar-refractivity contribution >= 4 is 23.2 Å². The molecule has 2 atom stereocenters. The minimum Gasteiger partial charge on any atom is -0.479 e. The van der Waals surface area contributed by atoms with Gasteiger partial charge in [0.1, 0.15) is 6.04 Å². The van der Waals surface area contributed by atoms with E-state index in [1.807, 2.05) is 74.5 Å². The first-order chi connectivity index (χ1) is 17.9. The number of carbonyl (C=O) groups is 1. The van der Waals surface area contributed by atoms with E-state index in [9.17, 15) is 15.0 Å². The van der Waals surface area contributed by atoms with Crippen molar-refractivity contribution in [3.8, 4) is 0 Å². The summed E-state index contributed by atoms with van der Waals surface area (Å²) in [7, 11) is 0. The van der Waals surface area contributed by atoms with Gasteiger partial charge in [-0.15, -0.1) is 0 Å². The fraction of sp³-hybridized carbons (Fsp3) is 0.241. The second-order valence-corrected chi connectivity index (χ2v) is 7.82. The minimum absolute atomic E-state index is 0.0338. The Kier molecular flexibility index (Phi) is 12.0. The molecule has 0 amide bonds. The first kappa shape index (κ1) is 29.3. The molecule has 1 heterocycles. The standard InChI is InChI=1S/C20H19N3O4.C7H9N.C2H6/c21-15(10-17(25)20(26)27)12-6-8-14(9-7-12)19-22-16(11-24)18(23-19)13-4-2-1-3-5-13;8-6-7-4-2-1-3-5-7;1-2/h1-9,16-17,21,24-25H,10-11H2,(H,26,27);1-5H,6,8H2;1-2H3.